The van der Waals surface area contributed by atoms with E-state index in [-0.39, 0.29) is 11.9 Å². The molecule has 2 aromatic rings. The smallest absolute Gasteiger partial charge is 0.253 e. The molecule has 1 aromatic heterocycles. The third-order valence-corrected chi connectivity index (χ3v) is 3.55. The lowest BCUT2D eigenvalue weighted by molar-refractivity contribution is 0.0935. The lowest BCUT2D eigenvalue weighted by Crippen LogP contribution is -2.28. The monoisotopic (exact) mass is 304 g/mol. The molecule has 110 valence electrons. The van der Waals surface area contributed by atoms with Gasteiger partial charge >= 0.3 is 0 Å². The highest BCUT2D eigenvalue weighted by Gasteiger charge is 2.18. The Morgan fingerprint density at radius 2 is 2.14 bits per heavy atom. The zero-order valence-electron chi connectivity index (χ0n) is 12.0. The third kappa shape index (κ3) is 3.52. The van der Waals surface area contributed by atoms with E-state index in [9.17, 15) is 4.79 Å². The molecular formula is C16H17ClN2O2. The highest BCUT2D eigenvalue weighted by Crippen LogP contribution is 2.27. The number of nitrogens with zero attached hydrogens (tertiary/aromatic N) is 1. The molecule has 0 radical (unpaired) electrons. The van der Waals surface area contributed by atoms with Crippen molar-refractivity contribution in [3.05, 3.63) is 58.9 Å². The molecule has 2 rings (SSSR count). The van der Waals surface area contributed by atoms with Crippen molar-refractivity contribution in [2.24, 2.45) is 0 Å². The van der Waals surface area contributed by atoms with Gasteiger partial charge in [0.2, 0.25) is 0 Å². The van der Waals surface area contributed by atoms with Crippen molar-refractivity contribution in [2.75, 3.05) is 7.11 Å². The van der Waals surface area contributed by atoms with Crippen molar-refractivity contribution in [2.45, 2.75) is 19.4 Å². The van der Waals surface area contributed by atoms with Crippen LogP contribution in [-0.2, 0) is 0 Å². The minimum absolute atomic E-state index is 0.141. The van der Waals surface area contributed by atoms with Crippen molar-refractivity contribution in [1.82, 2.24) is 10.3 Å². The summed E-state index contributed by atoms with van der Waals surface area (Å²) in [6, 6.07) is 9.11. The number of halogens is 1. The quantitative estimate of drug-likeness (QED) is 0.918. The second-order valence-electron chi connectivity index (χ2n) is 4.53. The molecule has 1 aromatic carbocycles. The summed E-state index contributed by atoms with van der Waals surface area (Å²) in [6.07, 6.45) is 3.75. The Balaban J connectivity index is 2.23. The first-order valence-electron chi connectivity index (χ1n) is 6.70. The van der Waals surface area contributed by atoms with Gasteiger partial charge < -0.3 is 10.1 Å². The standard InChI is InChI=1S/C16H17ClN2O2/c1-3-14(12-6-4-5-7-15(12)21-2)19-16(20)11-8-9-18-10-13(11)17/h4-10,14H,3H2,1-2H3,(H,19,20). The maximum atomic E-state index is 12.3. The van der Waals surface area contributed by atoms with Crippen LogP contribution in [0.15, 0.2) is 42.7 Å². The van der Waals surface area contributed by atoms with Crippen LogP contribution in [0.1, 0.15) is 35.3 Å². The zero-order valence-corrected chi connectivity index (χ0v) is 12.7. The van der Waals surface area contributed by atoms with Crippen LogP contribution in [0.4, 0.5) is 0 Å². The van der Waals surface area contributed by atoms with Crippen LogP contribution in [0.3, 0.4) is 0 Å². The number of rotatable bonds is 5. The fourth-order valence-electron chi connectivity index (χ4n) is 2.15. The molecule has 0 saturated carbocycles. The summed E-state index contributed by atoms with van der Waals surface area (Å²) in [4.78, 5) is 16.2. The van der Waals surface area contributed by atoms with Gasteiger partial charge in [0.25, 0.3) is 5.91 Å². The minimum Gasteiger partial charge on any atom is -0.496 e. The van der Waals surface area contributed by atoms with Gasteiger partial charge in [-0.05, 0) is 18.6 Å². The number of ether oxygens (including phenoxy) is 1. The number of carbonyl (C=O) groups is 1. The maximum Gasteiger partial charge on any atom is 0.253 e. The second kappa shape index (κ2) is 7.09. The lowest BCUT2D eigenvalue weighted by atomic mass is 10.0. The molecule has 0 aliphatic rings. The third-order valence-electron chi connectivity index (χ3n) is 3.24. The van der Waals surface area contributed by atoms with Crippen molar-refractivity contribution >= 4 is 17.5 Å². The Labute approximate surface area is 129 Å². The maximum absolute atomic E-state index is 12.3. The molecule has 1 heterocycles. The Morgan fingerprint density at radius 3 is 2.81 bits per heavy atom. The molecule has 0 bridgehead atoms. The predicted octanol–water partition coefficient (Wildman–Crippen LogP) is 3.62. The van der Waals surface area contributed by atoms with Crippen molar-refractivity contribution < 1.29 is 9.53 Å². The molecule has 21 heavy (non-hydrogen) atoms. The van der Waals surface area contributed by atoms with E-state index in [0.29, 0.717) is 10.6 Å². The molecule has 1 N–H and O–H groups in total. The fraction of sp³-hybridized carbons (Fsp3) is 0.250. The van der Waals surface area contributed by atoms with Crippen LogP contribution in [0, 0.1) is 0 Å². The molecule has 0 fully saturated rings. The molecule has 1 atom stereocenters. The van der Waals surface area contributed by atoms with E-state index in [1.807, 2.05) is 31.2 Å². The normalized spacial score (nSPS) is 11.8. The molecule has 0 aliphatic heterocycles. The van der Waals surface area contributed by atoms with E-state index in [1.54, 1.807) is 19.4 Å². The summed E-state index contributed by atoms with van der Waals surface area (Å²) in [5, 5.41) is 3.32. The van der Waals surface area contributed by atoms with Gasteiger partial charge in [-0.2, -0.15) is 0 Å². The van der Waals surface area contributed by atoms with Gasteiger partial charge in [-0.1, -0.05) is 36.7 Å². The van der Waals surface area contributed by atoms with Gasteiger partial charge in [0.1, 0.15) is 5.75 Å². The SMILES string of the molecule is CCC(NC(=O)c1ccncc1Cl)c1ccccc1OC. The van der Waals surface area contributed by atoms with Crippen LogP contribution in [-0.4, -0.2) is 18.0 Å². The van der Waals surface area contributed by atoms with Gasteiger partial charge in [0, 0.05) is 18.0 Å². The highest BCUT2D eigenvalue weighted by molar-refractivity contribution is 6.33. The Morgan fingerprint density at radius 1 is 1.38 bits per heavy atom. The molecule has 5 heteroatoms. The van der Waals surface area contributed by atoms with Crippen LogP contribution in [0.5, 0.6) is 5.75 Å². The van der Waals surface area contributed by atoms with Crippen LogP contribution in [0.2, 0.25) is 5.02 Å². The summed E-state index contributed by atoms with van der Waals surface area (Å²) in [5.74, 6) is 0.533. The number of pyridine rings is 1. The zero-order chi connectivity index (χ0) is 15.2. The van der Waals surface area contributed by atoms with Crippen LogP contribution in [0.25, 0.3) is 0 Å². The number of hydrogen-bond donors (Lipinski definition) is 1. The summed E-state index contributed by atoms with van der Waals surface area (Å²) < 4.78 is 5.35. The first-order valence-corrected chi connectivity index (χ1v) is 7.08. The number of para-hydroxylation sites is 1. The Hall–Kier alpha value is -2.07. The topological polar surface area (TPSA) is 51.2 Å². The molecule has 0 spiro atoms. The summed E-state index contributed by atoms with van der Waals surface area (Å²) >= 11 is 6.00. The number of amides is 1. The number of aromatic nitrogens is 1. The molecule has 1 amide bonds. The molecule has 4 nitrogen and oxygen atoms in total. The van der Waals surface area contributed by atoms with Gasteiger partial charge in [-0.15, -0.1) is 0 Å². The Kier molecular flexibility index (Phi) is 5.17. The van der Waals surface area contributed by atoms with E-state index in [2.05, 4.69) is 10.3 Å². The second-order valence-corrected chi connectivity index (χ2v) is 4.94. The first-order chi connectivity index (χ1) is 10.2. The van der Waals surface area contributed by atoms with Crippen molar-refractivity contribution in [3.63, 3.8) is 0 Å². The van der Waals surface area contributed by atoms with Gasteiger partial charge in [0.05, 0.1) is 23.7 Å². The number of carbonyl (C=O) groups excluding carboxylic acids is 1. The van der Waals surface area contributed by atoms with Crippen LogP contribution >= 0.6 is 11.6 Å². The largest absolute Gasteiger partial charge is 0.496 e. The highest BCUT2D eigenvalue weighted by atomic mass is 35.5. The fourth-order valence-corrected chi connectivity index (χ4v) is 2.35. The average Bonchev–Trinajstić information content (AvgIpc) is 2.52. The number of hydrogen-bond acceptors (Lipinski definition) is 3. The van der Waals surface area contributed by atoms with Gasteiger partial charge in [0.15, 0.2) is 0 Å². The molecule has 0 aliphatic carbocycles. The van der Waals surface area contributed by atoms with E-state index >= 15 is 0 Å². The van der Waals surface area contributed by atoms with Gasteiger partial charge in [-0.3, -0.25) is 9.78 Å². The first kappa shape index (κ1) is 15.3. The van der Waals surface area contributed by atoms with Crippen molar-refractivity contribution in [1.29, 1.82) is 0 Å². The average molecular weight is 305 g/mol. The molecule has 0 saturated heterocycles. The summed E-state index contributed by atoms with van der Waals surface area (Å²) in [5.41, 5.74) is 1.36. The predicted molar refractivity (Wildman–Crippen MR) is 82.7 cm³/mol. The van der Waals surface area contributed by atoms with E-state index in [1.165, 1.54) is 6.20 Å². The number of benzene rings is 1. The Bertz CT molecular complexity index is 631. The molecule has 1 unspecified atom stereocenters. The number of nitrogens with one attached hydrogen (secondary N) is 1. The minimum atomic E-state index is -0.222. The molecular weight excluding hydrogens is 288 g/mol. The number of methoxy groups -OCH3 is 1. The summed E-state index contributed by atoms with van der Waals surface area (Å²) in [6.45, 7) is 2.01. The summed E-state index contributed by atoms with van der Waals surface area (Å²) in [7, 11) is 1.62. The van der Waals surface area contributed by atoms with Crippen LogP contribution < -0.4 is 10.1 Å². The van der Waals surface area contributed by atoms with Gasteiger partial charge in [-0.25, -0.2) is 0 Å². The van der Waals surface area contributed by atoms with E-state index < -0.39 is 0 Å². The van der Waals surface area contributed by atoms with Crippen molar-refractivity contribution in [3.8, 4) is 5.75 Å². The van der Waals surface area contributed by atoms with E-state index in [4.69, 9.17) is 16.3 Å². The lowest BCUT2D eigenvalue weighted by Gasteiger charge is -2.20. The van der Waals surface area contributed by atoms with E-state index in [0.717, 1.165) is 17.7 Å².